The van der Waals surface area contributed by atoms with Crippen LogP contribution in [0.5, 0.6) is 0 Å². The lowest BCUT2D eigenvalue weighted by Crippen LogP contribution is -1.99. The van der Waals surface area contributed by atoms with Gasteiger partial charge in [-0.25, -0.2) is 14.4 Å². The second-order valence-electron chi connectivity index (χ2n) is 3.88. The molecule has 7 heteroatoms. The van der Waals surface area contributed by atoms with Crippen molar-refractivity contribution in [3.8, 4) is 11.4 Å². The van der Waals surface area contributed by atoms with Crippen molar-refractivity contribution in [3.63, 3.8) is 0 Å². The van der Waals surface area contributed by atoms with Crippen LogP contribution in [-0.2, 0) is 0 Å². The molecule has 0 fully saturated rings. The number of thiocarbonyl (C=S) groups is 1. The molecule has 3 N–H and O–H groups in total. The maximum absolute atomic E-state index is 12.9. The first-order valence-corrected chi connectivity index (χ1v) is 5.89. The zero-order valence-corrected chi connectivity index (χ0v) is 10.4. The Balaban J connectivity index is 2.21. The molecule has 0 aliphatic carbocycles. The molecule has 0 saturated carbocycles. The second-order valence-corrected chi connectivity index (χ2v) is 4.11. The number of halogens is 1. The average molecular weight is 273 g/mol. The van der Waals surface area contributed by atoms with Crippen LogP contribution in [0.25, 0.3) is 22.6 Å². The predicted molar refractivity (Wildman–Crippen MR) is 74.2 cm³/mol. The van der Waals surface area contributed by atoms with Gasteiger partial charge in [0.15, 0.2) is 5.65 Å². The topological polar surface area (TPSA) is 80.5 Å². The fourth-order valence-electron chi connectivity index (χ4n) is 1.77. The van der Waals surface area contributed by atoms with E-state index in [1.54, 1.807) is 12.1 Å². The van der Waals surface area contributed by atoms with E-state index in [0.717, 1.165) is 5.56 Å². The first-order chi connectivity index (χ1) is 9.17. The molecule has 0 spiro atoms. The van der Waals surface area contributed by atoms with Gasteiger partial charge in [0.05, 0.1) is 0 Å². The van der Waals surface area contributed by atoms with E-state index in [1.165, 1.54) is 17.5 Å². The van der Waals surface area contributed by atoms with Crippen LogP contribution >= 0.6 is 12.2 Å². The Bertz CT molecular complexity index is 766. The lowest BCUT2D eigenvalue weighted by Gasteiger charge is -1.95. The number of rotatable bonds is 2. The SMILES string of the molecule is Nc1nc(C=S)c2[nH]c(-c3ccc(F)cc3)nc2n1. The lowest BCUT2D eigenvalue weighted by molar-refractivity contribution is 0.628. The van der Waals surface area contributed by atoms with Gasteiger partial charge in [0, 0.05) is 10.9 Å². The van der Waals surface area contributed by atoms with Crippen LogP contribution in [0.1, 0.15) is 5.69 Å². The average Bonchev–Trinajstić information content (AvgIpc) is 2.82. The number of aromatic nitrogens is 4. The zero-order chi connectivity index (χ0) is 13.4. The highest BCUT2D eigenvalue weighted by molar-refractivity contribution is 7.79. The standard InChI is InChI=1S/C12H8FN5S/c13-7-3-1-6(2-4-7)10-16-9-8(5-19)15-12(14)18-11(9)17-10/h1-5H,(H3,14,15,16,17,18). The van der Waals surface area contributed by atoms with E-state index in [1.807, 2.05) is 0 Å². The Labute approximate surface area is 112 Å². The number of anilines is 1. The zero-order valence-electron chi connectivity index (χ0n) is 9.59. The Kier molecular flexibility index (Phi) is 2.68. The Morgan fingerprint density at radius 3 is 2.58 bits per heavy atom. The number of fused-ring (bicyclic) bond motifs is 1. The Morgan fingerprint density at radius 2 is 1.89 bits per heavy atom. The summed E-state index contributed by atoms with van der Waals surface area (Å²) >= 11 is 4.88. The summed E-state index contributed by atoms with van der Waals surface area (Å²) in [5.74, 6) is 0.372. The van der Waals surface area contributed by atoms with Crippen molar-refractivity contribution < 1.29 is 4.39 Å². The maximum Gasteiger partial charge on any atom is 0.222 e. The number of H-pyrrole nitrogens is 1. The number of nitrogens with one attached hydrogen (secondary N) is 1. The van der Waals surface area contributed by atoms with E-state index < -0.39 is 0 Å². The van der Waals surface area contributed by atoms with E-state index in [4.69, 9.17) is 18.0 Å². The Morgan fingerprint density at radius 1 is 1.16 bits per heavy atom. The number of nitrogens with zero attached hydrogens (tertiary/aromatic N) is 3. The van der Waals surface area contributed by atoms with Crippen molar-refractivity contribution in [1.29, 1.82) is 0 Å². The lowest BCUT2D eigenvalue weighted by atomic mass is 10.2. The first kappa shape index (κ1) is 11.7. The molecule has 0 amide bonds. The van der Waals surface area contributed by atoms with Gasteiger partial charge in [-0.3, -0.25) is 0 Å². The molecule has 1 aromatic carbocycles. The molecule has 0 aliphatic heterocycles. The quantitative estimate of drug-likeness (QED) is 0.699. The fraction of sp³-hybridized carbons (Fsp3) is 0. The van der Waals surface area contributed by atoms with Crippen LogP contribution in [0.4, 0.5) is 10.3 Å². The molecule has 0 aliphatic rings. The molecular weight excluding hydrogens is 265 g/mol. The molecule has 0 unspecified atom stereocenters. The molecule has 0 bridgehead atoms. The summed E-state index contributed by atoms with van der Waals surface area (Å²) in [5.41, 5.74) is 7.88. The van der Waals surface area contributed by atoms with Crippen molar-refractivity contribution in [2.45, 2.75) is 0 Å². The number of imidazole rings is 1. The van der Waals surface area contributed by atoms with Crippen LogP contribution in [0.3, 0.4) is 0 Å². The van der Waals surface area contributed by atoms with Crippen molar-refractivity contribution >= 4 is 34.7 Å². The summed E-state index contributed by atoms with van der Waals surface area (Å²) in [6.07, 6.45) is 0. The van der Waals surface area contributed by atoms with Gasteiger partial charge in [-0.1, -0.05) is 12.2 Å². The molecule has 2 heterocycles. The minimum absolute atomic E-state index is 0.112. The van der Waals surface area contributed by atoms with Crippen molar-refractivity contribution in [3.05, 3.63) is 35.8 Å². The first-order valence-electron chi connectivity index (χ1n) is 5.42. The van der Waals surface area contributed by atoms with Crippen LogP contribution in [0.15, 0.2) is 24.3 Å². The summed E-state index contributed by atoms with van der Waals surface area (Å²) < 4.78 is 12.9. The molecule has 0 atom stereocenters. The van der Waals surface area contributed by atoms with Crippen molar-refractivity contribution in [1.82, 2.24) is 19.9 Å². The molecule has 3 aromatic rings. The molecular formula is C12H8FN5S. The second kappa shape index (κ2) is 4.36. The van der Waals surface area contributed by atoms with Gasteiger partial charge in [-0.15, -0.1) is 0 Å². The highest BCUT2D eigenvalue weighted by Crippen LogP contribution is 2.21. The van der Waals surface area contributed by atoms with E-state index in [9.17, 15) is 4.39 Å². The largest absolute Gasteiger partial charge is 0.368 e. The van der Waals surface area contributed by atoms with Crippen LogP contribution in [0, 0.1) is 5.82 Å². The smallest absolute Gasteiger partial charge is 0.222 e. The normalized spacial score (nSPS) is 10.8. The van der Waals surface area contributed by atoms with Gasteiger partial charge in [0.2, 0.25) is 5.95 Å². The van der Waals surface area contributed by atoms with Crippen LogP contribution in [0.2, 0.25) is 0 Å². The van der Waals surface area contributed by atoms with E-state index in [2.05, 4.69) is 19.9 Å². The maximum atomic E-state index is 12.9. The number of nitrogens with two attached hydrogens (primary N) is 1. The van der Waals surface area contributed by atoms with Gasteiger partial charge in [0.1, 0.15) is 22.9 Å². The van der Waals surface area contributed by atoms with E-state index in [-0.39, 0.29) is 11.8 Å². The third kappa shape index (κ3) is 2.04. The van der Waals surface area contributed by atoms with E-state index in [0.29, 0.717) is 22.7 Å². The molecule has 2 aromatic heterocycles. The number of aromatic amines is 1. The minimum atomic E-state index is -0.302. The molecule has 0 radical (unpaired) electrons. The third-order valence-corrected chi connectivity index (χ3v) is 2.85. The molecule has 5 nitrogen and oxygen atoms in total. The number of hydrogen-bond acceptors (Lipinski definition) is 5. The summed E-state index contributed by atoms with van der Waals surface area (Å²) in [6, 6.07) is 5.98. The highest BCUT2D eigenvalue weighted by Gasteiger charge is 2.11. The molecule has 19 heavy (non-hydrogen) atoms. The summed E-state index contributed by atoms with van der Waals surface area (Å²) in [4.78, 5) is 15.4. The number of nitrogen functional groups attached to an aromatic ring is 1. The molecule has 94 valence electrons. The fourth-order valence-corrected chi connectivity index (χ4v) is 1.94. The van der Waals surface area contributed by atoms with E-state index >= 15 is 0 Å². The Hall–Kier alpha value is -2.41. The number of hydrogen-bond donors (Lipinski definition) is 2. The predicted octanol–water partition coefficient (Wildman–Crippen LogP) is 2.09. The summed E-state index contributed by atoms with van der Waals surface area (Å²) in [7, 11) is 0. The van der Waals surface area contributed by atoms with Gasteiger partial charge in [-0.2, -0.15) is 4.98 Å². The molecule has 3 rings (SSSR count). The minimum Gasteiger partial charge on any atom is -0.368 e. The summed E-state index contributed by atoms with van der Waals surface area (Å²) in [5, 5.41) is 1.41. The van der Waals surface area contributed by atoms with Crippen LogP contribution < -0.4 is 5.73 Å². The third-order valence-electron chi connectivity index (χ3n) is 2.63. The van der Waals surface area contributed by atoms with Crippen molar-refractivity contribution in [2.24, 2.45) is 0 Å². The van der Waals surface area contributed by atoms with Gasteiger partial charge >= 0.3 is 0 Å². The van der Waals surface area contributed by atoms with Gasteiger partial charge < -0.3 is 10.7 Å². The van der Waals surface area contributed by atoms with Crippen LogP contribution in [-0.4, -0.2) is 25.3 Å². The summed E-state index contributed by atoms with van der Waals surface area (Å²) in [6.45, 7) is 0. The number of benzene rings is 1. The highest BCUT2D eigenvalue weighted by atomic mass is 32.1. The monoisotopic (exact) mass is 273 g/mol. The van der Waals surface area contributed by atoms with Gasteiger partial charge in [-0.05, 0) is 24.3 Å². The molecule has 0 saturated heterocycles. The van der Waals surface area contributed by atoms with Gasteiger partial charge in [0.25, 0.3) is 0 Å². The van der Waals surface area contributed by atoms with Crippen molar-refractivity contribution in [2.75, 3.05) is 5.73 Å².